The number of aryl methyl sites for hydroxylation is 2. The molecule has 2 aromatic rings. The highest BCUT2D eigenvalue weighted by atomic mass is 16.5. The molecule has 6 nitrogen and oxygen atoms in total. The number of rotatable bonds is 3. The van der Waals surface area contributed by atoms with Crippen molar-refractivity contribution in [3.63, 3.8) is 0 Å². The van der Waals surface area contributed by atoms with Crippen LogP contribution in [0.15, 0.2) is 4.52 Å². The van der Waals surface area contributed by atoms with Crippen molar-refractivity contribution in [2.45, 2.75) is 33.2 Å². The highest BCUT2D eigenvalue weighted by Crippen LogP contribution is 2.25. The Morgan fingerprint density at radius 1 is 1.41 bits per heavy atom. The lowest BCUT2D eigenvalue weighted by Crippen LogP contribution is -2.10. The highest BCUT2D eigenvalue weighted by Gasteiger charge is 2.19. The van der Waals surface area contributed by atoms with E-state index in [2.05, 4.69) is 15.2 Å². The molecule has 1 unspecified atom stereocenters. The van der Waals surface area contributed by atoms with E-state index >= 15 is 0 Å². The number of nitrogens with two attached hydrogens (primary N) is 1. The van der Waals surface area contributed by atoms with E-state index in [-0.39, 0.29) is 6.04 Å². The normalized spacial score (nSPS) is 13.0. The third-order valence-electron chi connectivity index (χ3n) is 2.94. The van der Waals surface area contributed by atoms with Crippen molar-refractivity contribution in [3.05, 3.63) is 17.2 Å². The van der Waals surface area contributed by atoms with Gasteiger partial charge in [-0.25, -0.2) is 0 Å². The molecule has 0 saturated heterocycles. The fraction of sp³-hybridized carbons (Fsp3) is 0.545. The number of hydrogen-bond donors (Lipinski definition) is 1. The van der Waals surface area contributed by atoms with Crippen LogP contribution in [-0.4, -0.2) is 19.9 Å². The average Bonchev–Trinajstić information content (AvgIpc) is 2.85. The van der Waals surface area contributed by atoms with E-state index in [0.29, 0.717) is 11.7 Å². The van der Waals surface area contributed by atoms with Gasteiger partial charge < -0.3 is 10.3 Å². The van der Waals surface area contributed by atoms with Crippen molar-refractivity contribution in [2.24, 2.45) is 12.8 Å². The molecule has 2 N–H and O–H groups in total. The molecule has 6 heteroatoms. The second-order valence-corrected chi connectivity index (χ2v) is 4.14. The molecular formula is C11H17N5O. The van der Waals surface area contributed by atoms with Gasteiger partial charge in [0.2, 0.25) is 0 Å². The Kier molecular flexibility index (Phi) is 2.97. The molecule has 2 heterocycles. The molecule has 2 aromatic heterocycles. The zero-order chi connectivity index (χ0) is 12.6. The molecule has 0 radical (unpaired) electrons. The summed E-state index contributed by atoms with van der Waals surface area (Å²) < 4.78 is 7.05. The summed E-state index contributed by atoms with van der Waals surface area (Å²) in [4.78, 5) is 4.33. The van der Waals surface area contributed by atoms with Crippen LogP contribution in [0.4, 0.5) is 0 Å². The van der Waals surface area contributed by atoms with Gasteiger partial charge in [-0.05, 0) is 20.3 Å². The second-order valence-electron chi connectivity index (χ2n) is 4.14. The highest BCUT2D eigenvalue weighted by molar-refractivity contribution is 5.59. The van der Waals surface area contributed by atoms with E-state index in [1.807, 2.05) is 27.8 Å². The van der Waals surface area contributed by atoms with E-state index in [1.165, 1.54) is 0 Å². The van der Waals surface area contributed by atoms with Crippen LogP contribution < -0.4 is 5.73 Å². The minimum atomic E-state index is -0.176. The molecule has 0 bridgehead atoms. The molecule has 2 rings (SSSR count). The average molecular weight is 235 g/mol. The summed E-state index contributed by atoms with van der Waals surface area (Å²) in [6.45, 7) is 5.88. The van der Waals surface area contributed by atoms with Crippen LogP contribution in [0.1, 0.15) is 36.6 Å². The lowest BCUT2D eigenvalue weighted by molar-refractivity contribution is 0.414. The second kappa shape index (κ2) is 4.29. The first-order valence-electron chi connectivity index (χ1n) is 5.64. The quantitative estimate of drug-likeness (QED) is 0.871. The first-order valence-corrected chi connectivity index (χ1v) is 5.64. The van der Waals surface area contributed by atoms with Gasteiger partial charge in [0.1, 0.15) is 0 Å². The van der Waals surface area contributed by atoms with E-state index in [4.69, 9.17) is 10.3 Å². The Labute approximate surface area is 99.8 Å². The molecule has 0 aliphatic heterocycles. The fourth-order valence-electron chi connectivity index (χ4n) is 1.75. The molecule has 0 saturated carbocycles. The van der Waals surface area contributed by atoms with Crippen LogP contribution >= 0.6 is 0 Å². The first-order chi connectivity index (χ1) is 8.04. The van der Waals surface area contributed by atoms with Crippen LogP contribution in [0.5, 0.6) is 0 Å². The summed E-state index contributed by atoms with van der Waals surface area (Å²) >= 11 is 0. The van der Waals surface area contributed by atoms with Crippen molar-refractivity contribution in [1.82, 2.24) is 19.9 Å². The zero-order valence-electron chi connectivity index (χ0n) is 10.6. The van der Waals surface area contributed by atoms with E-state index in [0.717, 1.165) is 23.4 Å². The SMILES string of the molecule is CCC(N)c1noc(-c2c(C)nn(C)c2C)n1. The van der Waals surface area contributed by atoms with Crippen molar-refractivity contribution in [3.8, 4) is 11.5 Å². The van der Waals surface area contributed by atoms with Crippen LogP contribution in [0.3, 0.4) is 0 Å². The monoisotopic (exact) mass is 235 g/mol. The maximum Gasteiger partial charge on any atom is 0.261 e. The van der Waals surface area contributed by atoms with Crippen molar-refractivity contribution >= 4 is 0 Å². The van der Waals surface area contributed by atoms with Crippen LogP contribution in [0.2, 0.25) is 0 Å². The lowest BCUT2D eigenvalue weighted by atomic mass is 10.2. The Bertz CT molecular complexity index is 528. The Hall–Kier alpha value is -1.69. The fourth-order valence-corrected chi connectivity index (χ4v) is 1.75. The lowest BCUT2D eigenvalue weighted by Gasteiger charge is -1.99. The molecule has 0 fully saturated rings. The summed E-state index contributed by atoms with van der Waals surface area (Å²) in [7, 11) is 1.89. The molecule has 0 aromatic carbocycles. The predicted molar refractivity (Wildman–Crippen MR) is 63.2 cm³/mol. The molecule has 0 aliphatic carbocycles. The molecule has 0 spiro atoms. The summed E-state index contributed by atoms with van der Waals surface area (Å²) in [6.07, 6.45) is 0.782. The Balaban J connectivity index is 2.43. The molecule has 92 valence electrons. The third kappa shape index (κ3) is 1.95. The summed E-state index contributed by atoms with van der Waals surface area (Å²) in [6, 6.07) is -0.176. The van der Waals surface area contributed by atoms with Gasteiger partial charge in [-0.1, -0.05) is 12.1 Å². The van der Waals surface area contributed by atoms with Gasteiger partial charge in [-0.15, -0.1) is 0 Å². The summed E-state index contributed by atoms with van der Waals surface area (Å²) in [5.74, 6) is 1.04. The smallest absolute Gasteiger partial charge is 0.261 e. The molecule has 0 aliphatic rings. The number of aromatic nitrogens is 4. The van der Waals surface area contributed by atoms with Crippen molar-refractivity contribution in [2.75, 3.05) is 0 Å². The van der Waals surface area contributed by atoms with Crippen LogP contribution in [0.25, 0.3) is 11.5 Å². The van der Waals surface area contributed by atoms with Gasteiger partial charge in [0.25, 0.3) is 5.89 Å². The predicted octanol–water partition coefficient (Wildman–Crippen LogP) is 1.50. The number of hydrogen-bond acceptors (Lipinski definition) is 5. The largest absolute Gasteiger partial charge is 0.334 e. The van der Waals surface area contributed by atoms with Crippen LogP contribution in [-0.2, 0) is 7.05 Å². The van der Waals surface area contributed by atoms with E-state index < -0.39 is 0 Å². The van der Waals surface area contributed by atoms with E-state index in [1.54, 1.807) is 4.68 Å². The standard InChI is InChI=1S/C11H17N5O/c1-5-8(12)10-13-11(17-15-10)9-6(2)14-16(4)7(9)3/h8H,5,12H2,1-4H3. The van der Waals surface area contributed by atoms with Crippen LogP contribution in [0, 0.1) is 13.8 Å². The topological polar surface area (TPSA) is 82.8 Å². The maximum atomic E-state index is 5.86. The van der Waals surface area contributed by atoms with Gasteiger partial charge >= 0.3 is 0 Å². The Morgan fingerprint density at radius 3 is 2.65 bits per heavy atom. The first kappa shape index (κ1) is 11.8. The van der Waals surface area contributed by atoms with Gasteiger partial charge in [0.05, 0.1) is 17.3 Å². The molecular weight excluding hydrogens is 218 g/mol. The van der Waals surface area contributed by atoms with Gasteiger partial charge in [-0.3, -0.25) is 4.68 Å². The van der Waals surface area contributed by atoms with Gasteiger partial charge in [-0.2, -0.15) is 10.1 Å². The van der Waals surface area contributed by atoms with E-state index in [9.17, 15) is 0 Å². The van der Waals surface area contributed by atoms with Crippen molar-refractivity contribution in [1.29, 1.82) is 0 Å². The minimum absolute atomic E-state index is 0.176. The minimum Gasteiger partial charge on any atom is -0.334 e. The van der Waals surface area contributed by atoms with Gasteiger partial charge in [0, 0.05) is 12.7 Å². The Morgan fingerprint density at radius 2 is 2.12 bits per heavy atom. The maximum absolute atomic E-state index is 5.86. The molecule has 0 amide bonds. The zero-order valence-corrected chi connectivity index (χ0v) is 10.6. The van der Waals surface area contributed by atoms with Gasteiger partial charge in [0.15, 0.2) is 5.82 Å². The summed E-state index contributed by atoms with van der Waals surface area (Å²) in [5, 5.41) is 8.23. The third-order valence-corrected chi connectivity index (χ3v) is 2.94. The molecule has 1 atom stereocenters. The van der Waals surface area contributed by atoms with Crippen molar-refractivity contribution < 1.29 is 4.52 Å². The summed E-state index contributed by atoms with van der Waals surface area (Å²) in [5.41, 5.74) is 8.64. The molecule has 17 heavy (non-hydrogen) atoms. The number of nitrogens with zero attached hydrogens (tertiary/aromatic N) is 4.